The van der Waals surface area contributed by atoms with Crippen LogP contribution in [-0.2, 0) is 8.85 Å². The summed E-state index contributed by atoms with van der Waals surface area (Å²) in [6.45, 7) is 12.9. The molecule has 0 saturated heterocycles. The average molecular weight is 300 g/mol. The topological polar surface area (TPSA) is 21.7 Å². The molecular weight excluding hydrogens is 266 g/mol. The molecule has 0 aromatic rings. The molecule has 0 amide bonds. The predicted octanol–water partition coefficient (Wildman–Crippen LogP) is 3.65. The molecule has 4 heteroatoms. The second-order valence-electron chi connectivity index (χ2n) is 5.29. The van der Waals surface area contributed by atoms with Crippen LogP contribution in [0.3, 0.4) is 0 Å². The van der Waals surface area contributed by atoms with Crippen LogP contribution in [0.5, 0.6) is 0 Å². The average Bonchev–Trinajstić information content (AvgIpc) is 2.39. The first-order chi connectivity index (χ1) is 9.61. The summed E-state index contributed by atoms with van der Waals surface area (Å²) in [6.07, 6.45) is 10.3. The zero-order valence-corrected chi connectivity index (χ0v) is 14.9. The minimum atomic E-state index is -1.96. The lowest BCUT2D eigenvalue weighted by Crippen LogP contribution is -2.39. The van der Waals surface area contributed by atoms with E-state index >= 15 is 0 Å². The molecule has 0 atom stereocenters. The van der Waals surface area contributed by atoms with E-state index in [-0.39, 0.29) is 0 Å². The van der Waals surface area contributed by atoms with Crippen LogP contribution in [0.4, 0.5) is 0 Å². The third-order valence-electron chi connectivity index (χ3n) is 3.40. The quantitative estimate of drug-likeness (QED) is 0.294. The highest BCUT2D eigenvalue weighted by Gasteiger charge is 2.30. The second-order valence-corrected chi connectivity index (χ2v) is 8.64. The van der Waals surface area contributed by atoms with E-state index in [1.165, 1.54) is 19.3 Å². The molecule has 0 aliphatic rings. The zero-order chi connectivity index (χ0) is 15.3. The summed E-state index contributed by atoms with van der Waals surface area (Å²) in [4.78, 5) is 2.38. The number of unbranched alkanes of at least 4 members (excludes halogenated alkanes) is 2. The lowest BCUT2D eigenvalue weighted by atomic mass is 10.2. The van der Waals surface area contributed by atoms with Gasteiger partial charge < -0.3 is 8.85 Å². The molecule has 0 spiro atoms. The van der Waals surface area contributed by atoms with Crippen molar-refractivity contribution in [2.75, 3.05) is 32.8 Å². The Kier molecular flexibility index (Phi) is 12.2. The minimum Gasteiger partial charge on any atom is -0.395 e. The van der Waals surface area contributed by atoms with E-state index < -0.39 is 8.56 Å². The van der Waals surface area contributed by atoms with Crippen molar-refractivity contribution in [1.29, 1.82) is 0 Å². The van der Waals surface area contributed by atoms with Gasteiger partial charge in [0.25, 0.3) is 0 Å². The van der Waals surface area contributed by atoms with Crippen molar-refractivity contribution < 1.29 is 8.85 Å². The normalized spacial score (nSPS) is 11.8. The van der Waals surface area contributed by atoms with E-state index in [9.17, 15) is 0 Å². The first-order valence-electron chi connectivity index (χ1n) is 8.05. The predicted molar refractivity (Wildman–Crippen MR) is 89.1 cm³/mol. The summed E-state index contributed by atoms with van der Waals surface area (Å²) >= 11 is 0. The zero-order valence-electron chi connectivity index (χ0n) is 13.9. The Labute approximate surface area is 127 Å². The Morgan fingerprint density at radius 3 is 2.10 bits per heavy atom. The number of hydrogen-bond acceptors (Lipinski definition) is 3. The summed E-state index contributed by atoms with van der Waals surface area (Å²) < 4.78 is 11.7. The van der Waals surface area contributed by atoms with Gasteiger partial charge in [0.1, 0.15) is 0 Å². The van der Waals surface area contributed by atoms with E-state index in [1.54, 1.807) is 0 Å². The van der Waals surface area contributed by atoms with Gasteiger partial charge in [-0.3, -0.25) is 4.90 Å². The van der Waals surface area contributed by atoms with Gasteiger partial charge in [0, 0.05) is 13.2 Å². The highest BCUT2D eigenvalue weighted by atomic mass is 28.4. The van der Waals surface area contributed by atoms with Crippen LogP contribution in [0.25, 0.3) is 0 Å². The number of hydrogen-bond donors (Lipinski definition) is 0. The largest absolute Gasteiger partial charge is 0.395 e. The summed E-state index contributed by atoms with van der Waals surface area (Å²) in [5.74, 6) is 2.77. The van der Waals surface area contributed by atoms with E-state index in [0.29, 0.717) is 0 Å². The monoisotopic (exact) mass is 299 g/mol. The number of rotatable bonds is 13. The van der Waals surface area contributed by atoms with Crippen LogP contribution < -0.4 is 0 Å². The van der Waals surface area contributed by atoms with Crippen LogP contribution in [0.15, 0.2) is 0 Å². The van der Waals surface area contributed by atoms with Gasteiger partial charge >= 0.3 is 8.56 Å². The summed E-state index contributed by atoms with van der Waals surface area (Å²) in [5.41, 5.74) is 0. The maximum atomic E-state index is 5.87. The molecule has 0 bridgehead atoms. The molecule has 0 heterocycles. The van der Waals surface area contributed by atoms with Crippen LogP contribution in [0.1, 0.15) is 46.5 Å². The fourth-order valence-corrected chi connectivity index (χ4v) is 4.80. The molecule has 0 fully saturated rings. The van der Waals surface area contributed by atoms with Crippen molar-refractivity contribution in [3.05, 3.63) is 0 Å². The molecule has 0 N–H and O–H groups in total. The van der Waals surface area contributed by atoms with Crippen molar-refractivity contribution in [2.45, 2.75) is 59.0 Å². The molecule has 0 aromatic heterocycles. The van der Waals surface area contributed by atoms with E-state index in [1.807, 2.05) is 13.8 Å². The van der Waals surface area contributed by atoms with Gasteiger partial charge in [0.05, 0.1) is 6.54 Å². The Morgan fingerprint density at radius 2 is 1.60 bits per heavy atom. The summed E-state index contributed by atoms with van der Waals surface area (Å²) in [6, 6.07) is 1.05. The summed E-state index contributed by atoms with van der Waals surface area (Å²) in [7, 11) is -1.96. The SMILES string of the molecule is C#CCN(CCCCC)CCC[Si](C)(OCC)OCC. The maximum absolute atomic E-state index is 5.87. The van der Waals surface area contributed by atoms with Gasteiger partial charge in [0.2, 0.25) is 0 Å². The Hall–Kier alpha value is -0.343. The van der Waals surface area contributed by atoms with Crippen LogP contribution in [0, 0.1) is 12.3 Å². The molecule has 0 unspecified atom stereocenters. The Balaban J connectivity index is 4.08. The van der Waals surface area contributed by atoms with E-state index in [4.69, 9.17) is 15.3 Å². The Bertz CT molecular complexity index is 260. The van der Waals surface area contributed by atoms with Gasteiger partial charge in [-0.05, 0) is 52.4 Å². The van der Waals surface area contributed by atoms with Gasteiger partial charge in [-0.25, -0.2) is 0 Å². The molecule has 118 valence electrons. The van der Waals surface area contributed by atoms with Crippen molar-refractivity contribution in [3.63, 3.8) is 0 Å². The van der Waals surface area contributed by atoms with E-state index in [2.05, 4.69) is 24.3 Å². The molecule has 0 aromatic carbocycles. The number of nitrogens with zero attached hydrogens (tertiary/aromatic N) is 1. The standard InChI is InChI=1S/C16H33NO2Si/c1-6-10-11-14-17(13-7-2)15-12-16-20(5,18-8-3)19-9-4/h2H,6,8-16H2,1,3-5H3. The molecule has 0 saturated carbocycles. The fraction of sp³-hybridized carbons (Fsp3) is 0.875. The molecule has 0 aliphatic heterocycles. The van der Waals surface area contributed by atoms with Crippen molar-refractivity contribution in [3.8, 4) is 12.3 Å². The summed E-state index contributed by atoms with van der Waals surface area (Å²) in [5, 5.41) is 0. The fourth-order valence-electron chi connectivity index (χ4n) is 2.40. The third kappa shape index (κ3) is 9.54. The Morgan fingerprint density at radius 1 is 1.00 bits per heavy atom. The molecule has 0 radical (unpaired) electrons. The number of terminal acetylenes is 1. The lowest BCUT2D eigenvalue weighted by molar-refractivity contribution is 0.186. The molecule has 0 aliphatic carbocycles. The van der Waals surface area contributed by atoms with Gasteiger partial charge in [-0.1, -0.05) is 25.7 Å². The van der Waals surface area contributed by atoms with Crippen molar-refractivity contribution in [1.82, 2.24) is 4.90 Å². The first-order valence-corrected chi connectivity index (χ1v) is 10.6. The van der Waals surface area contributed by atoms with Gasteiger partial charge in [-0.15, -0.1) is 6.42 Å². The first kappa shape index (κ1) is 19.7. The molecule has 0 rings (SSSR count). The minimum absolute atomic E-state index is 0.743. The highest BCUT2D eigenvalue weighted by Crippen LogP contribution is 2.16. The molecule has 3 nitrogen and oxygen atoms in total. The van der Waals surface area contributed by atoms with E-state index in [0.717, 1.165) is 45.3 Å². The van der Waals surface area contributed by atoms with Crippen LogP contribution in [0.2, 0.25) is 12.6 Å². The maximum Gasteiger partial charge on any atom is 0.334 e. The van der Waals surface area contributed by atoms with Crippen LogP contribution >= 0.6 is 0 Å². The second kappa shape index (κ2) is 12.4. The van der Waals surface area contributed by atoms with Crippen molar-refractivity contribution in [2.24, 2.45) is 0 Å². The lowest BCUT2D eigenvalue weighted by Gasteiger charge is -2.27. The third-order valence-corrected chi connectivity index (χ3v) is 6.46. The molecular formula is C16H33NO2Si. The van der Waals surface area contributed by atoms with Gasteiger partial charge in [-0.2, -0.15) is 0 Å². The van der Waals surface area contributed by atoms with Crippen molar-refractivity contribution >= 4 is 8.56 Å². The van der Waals surface area contributed by atoms with Crippen LogP contribution in [-0.4, -0.2) is 46.3 Å². The highest BCUT2D eigenvalue weighted by molar-refractivity contribution is 6.66. The molecule has 20 heavy (non-hydrogen) atoms. The smallest absolute Gasteiger partial charge is 0.334 e. The van der Waals surface area contributed by atoms with Gasteiger partial charge in [0.15, 0.2) is 0 Å².